The lowest BCUT2D eigenvalue weighted by atomic mass is 9.49. The molecule has 0 spiro atoms. The van der Waals surface area contributed by atoms with Crippen molar-refractivity contribution in [2.45, 2.75) is 49.5 Å². The van der Waals surface area contributed by atoms with E-state index in [1.807, 2.05) is 12.1 Å². The van der Waals surface area contributed by atoms with E-state index in [1.54, 1.807) is 28.6 Å². The highest BCUT2D eigenvalue weighted by atomic mass is 32.2. The maximum absolute atomic E-state index is 13.6. The molecular weight excluding hydrogens is 530 g/mol. The summed E-state index contributed by atoms with van der Waals surface area (Å²) >= 11 is 0. The van der Waals surface area contributed by atoms with Crippen LogP contribution in [0.1, 0.15) is 55.7 Å². The summed E-state index contributed by atoms with van der Waals surface area (Å²) in [5, 5.41) is 3.15. The highest BCUT2D eigenvalue weighted by Gasteiger charge is 2.54. The Labute approximate surface area is 243 Å². The number of amides is 1. The molecule has 6 nitrogen and oxygen atoms in total. The van der Waals surface area contributed by atoms with E-state index in [1.165, 1.54) is 30.4 Å². The van der Waals surface area contributed by atoms with Crippen LogP contribution >= 0.6 is 0 Å². The first-order valence-electron chi connectivity index (χ1n) is 15.2. The molecule has 0 aromatic heterocycles. The number of nitrogens with zero attached hydrogens (tertiary/aromatic N) is 2. The van der Waals surface area contributed by atoms with Gasteiger partial charge in [-0.3, -0.25) is 9.69 Å². The van der Waals surface area contributed by atoms with Gasteiger partial charge in [0.2, 0.25) is 15.9 Å². The summed E-state index contributed by atoms with van der Waals surface area (Å²) in [5.74, 6) is 2.25. The molecule has 0 radical (unpaired) electrons. The third kappa shape index (κ3) is 5.13. The third-order valence-electron chi connectivity index (χ3n) is 10.1. The number of rotatable bonds is 7. The molecule has 4 saturated carbocycles. The first-order chi connectivity index (χ1) is 19.9. The van der Waals surface area contributed by atoms with Gasteiger partial charge in [0.15, 0.2) is 0 Å². The molecule has 1 heterocycles. The minimum atomic E-state index is -3.63. The summed E-state index contributed by atoms with van der Waals surface area (Å²) < 4.78 is 28.8. The van der Waals surface area contributed by atoms with Crippen molar-refractivity contribution in [1.29, 1.82) is 0 Å². The molecule has 7 heteroatoms. The first-order valence-corrected chi connectivity index (χ1v) is 16.6. The maximum atomic E-state index is 13.6. The van der Waals surface area contributed by atoms with Gasteiger partial charge in [-0.25, -0.2) is 8.42 Å². The van der Waals surface area contributed by atoms with E-state index in [0.29, 0.717) is 49.6 Å². The molecule has 1 amide bonds. The van der Waals surface area contributed by atoms with Crippen LogP contribution in [0.3, 0.4) is 0 Å². The smallest absolute Gasteiger partial charge is 0.243 e. The number of carbonyl (C=O) groups excluding carboxylic acids is 1. The quantitative estimate of drug-likeness (QED) is 0.383. The number of sulfonamides is 1. The van der Waals surface area contributed by atoms with Crippen LogP contribution in [0.5, 0.6) is 0 Å². The van der Waals surface area contributed by atoms with Crippen molar-refractivity contribution in [3.8, 4) is 0 Å². The zero-order valence-electron chi connectivity index (χ0n) is 23.5. The summed E-state index contributed by atoms with van der Waals surface area (Å²) in [6.45, 7) is 2.16. The number of piperazine rings is 1. The van der Waals surface area contributed by atoms with Crippen LogP contribution in [-0.4, -0.2) is 49.7 Å². The van der Waals surface area contributed by atoms with E-state index in [9.17, 15) is 13.2 Å². The highest BCUT2D eigenvalue weighted by molar-refractivity contribution is 7.89. The number of hydrogen-bond donors (Lipinski definition) is 1. The lowest BCUT2D eigenvalue weighted by Gasteiger charge is -2.55. The van der Waals surface area contributed by atoms with Gasteiger partial charge in [-0.15, -0.1) is 0 Å². The molecule has 5 fully saturated rings. The van der Waals surface area contributed by atoms with Crippen molar-refractivity contribution in [2.75, 3.05) is 31.5 Å². The highest BCUT2D eigenvalue weighted by Crippen LogP contribution is 2.60. The second-order valence-corrected chi connectivity index (χ2v) is 14.8. The maximum Gasteiger partial charge on any atom is 0.243 e. The average molecular weight is 570 g/mol. The Balaban J connectivity index is 1.02. The zero-order valence-corrected chi connectivity index (χ0v) is 24.3. The molecule has 1 saturated heterocycles. The minimum Gasteiger partial charge on any atom is -0.326 e. The molecule has 5 aliphatic rings. The Morgan fingerprint density at radius 2 is 1.20 bits per heavy atom. The van der Waals surface area contributed by atoms with Crippen molar-refractivity contribution >= 4 is 21.6 Å². The number of benzene rings is 3. The fourth-order valence-electron chi connectivity index (χ4n) is 8.60. The summed E-state index contributed by atoms with van der Waals surface area (Å²) in [6.07, 6.45) is 6.93. The van der Waals surface area contributed by atoms with Crippen molar-refractivity contribution in [3.63, 3.8) is 0 Å². The van der Waals surface area contributed by atoms with Crippen molar-refractivity contribution in [2.24, 2.45) is 23.2 Å². The fraction of sp³-hybridized carbons (Fsp3) is 0.441. The van der Waals surface area contributed by atoms with E-state index >= 15 is 0 Å². The van der Waals surface area contributed by atoms with Crippen LogP contribution < -0.4 is 5.32 Å². The molecule has 41 heavy (non-hydrogen) atoms. The summed E-state index contributed by atoms with van der Waals surface area (Å²) in [7, 11) is -3.63. The predicted octanol–water partition coefficient (Wildman–Crippen LogP) is 5.94. The van der Waals surface area contributed by atoms with Gasteiger partial charge in [-0.2, -0.15) is 4.31 Å². The molecule has 4 aliphatic carbocycles. The predicted molar refractivity (Wildman–Crippen MR) is 161 cm³/mol. The van der Waals surface area contributed by atoms with Gasteiger partial charge in [-0.1, -0.05) is 60.7 Å². The van der Waals surface area contributed by atoms with Gasteiger partial charge in [0.25, 0.3) is 0 Å². The molecule has 0 unspecified atom stereocenters. The number of carbonyl (C=O) groups is 1. The van der Waals surface area contributed by atoms with Crippen molar-refractivity contribution in [3.05, 3.63) is 96.1 Å². The minimum absolute atomic E-state index is 0.0825. The SMILES string of the molecule is O=C(Nc1ccc(S(=O)(=O)N2CCN(C(c3ccccc3)c3ccccc3)CC2)cc1)C12CC3CC(CC(C3)C1)C2. The molecule has 214 valence electrons. The Morgan fingerprint density at radius 1 is 0.707 bits per heavy atom. The Morgan fingerprint density at radius 3 is 1.68 bits per heavy atom. The van der Waals surface area contributed by atoms with Crippen molar-refractivity contribution < 1.29 is 13.2 Å². The second-order valence-electron chi connectivity index (χ2n) is 12.8. The van der Waals surface area contributed by atoms with Crippen LogP contribution in [0.15, 0.2) is 89.8 Å². The van der Waals surface area contributed by atoms with Gasteiger partial charge in [0.05, 0.1) is 16.4 Å². The topological polar surface area (TPSA) is 69.7 Å². The number of anilines is 1. The fourth-order valence-corrected chi connectivity index (χ4v) is 10.0. The molecule has 4 bridgehead atoms. The molecule has 3 aromatic rings. The standard InChI is InChI=1S/C34H39N3O3S/c38-33(34-22-25-19-26(23-34)21-27(20-25)24-34)35-30-11-13-31(14-12-30)41(39,40)37-17-15-36(16-18-37)32(28-7-3-1-4-8-28)29-9-5-2-6-10-29/h1-14,25-27,32H,15-24H2,(H,35,38). The Hall–Kier alpha value is -3.00. The monoisotopic (exact) mass is 569 g/mol. The molecule has 1 N–H and O–H groups in total. The third-order valence-corrected chi connectivity index (χ3v) is 12.1. The Bertz CT molecular complexity index is 1410. The summed E-state index contributed by atoms with van der Waals surface area (Å²) in [6, 6.07) is 27.7. The van der Waals surface area contributed by atoms with E-state index in [-0.39, 0.29) is 22.3 Å². The number of nitrogens with one attached hydrogen (secondary N) is 1. The van der Waals surface area contributed by atoms with Crippen molar-refractivity contribution in [1.82, 2.24) is 9.21 Å². The van der Waals surface area contributed by atoms with Crippen LogP contribution in [0.25, 0.3) is 0 Å². The normalized spacial score (nSPS) is 28.2. The van der Waals surface area contributed by atoms with Gasteiger partial charge >= 0.3 is 0 Å². The van der Waals surface area contributed by atoms with E-state index < -0.39 is 10.0 Å². The molecule has 3 aromatic carbocycles. The van der Waals surface area contributed by atoms with Crippen LogP contribution in [0.4, 0.5) is 5.69 Å². The van der Waals surface area contributed by atoms with Gasteiger partial charge in [0, 0.05) is 31.9 Å². The molecule has 0 atom stereocenters. The largest absolute Gasteiger partial charge is 0.326 e. The average Bonchev–Trinajstić information content (AvgIpc) is 2.98. The number of hydrogen-bond acceptors (Lipinski definition) is 4. The van der Waals surface area contributed by atoms with Crippen LogP contribution in [0.2, 0.25) is 0 Å². The molecular formula is C34H39N3O3S. The van der Waals surface area contributed by atoms with E-state index in [2.05, 4.69) is 58.7 Å². The lowest BCUT2D eigenvalue weighted by molar-refractivity contribution is -0.140. The summed E-state index contributed by atoms with van der Waals surface area (Å²) in [4.78, 5) is 16.1. The van der Waals surface area contributed by atoms with Gasteiger partial charge in [0.1, 0.15) is 0 Å². The lowest BCUT2D eigenvalue weighted by Crippen LogP contribution is -2.51. The molecule has 8 rings (SSSR count). The van der Waals surface area contributed by atoms with Crippen LogP contribution in [-0.2, 0) is 14.8 Å². The second kappa shape index (κ2) is 10.7. The Kier molecular flexibility index (Phi) is 7.00. The zero-order chi connectivity index (χ0) is 28.0. The summed E-state index contributed by atoms with van der Waals surface area (Å²) in [5.41, 5.74) is 2.88. The van der Waals surface area contributed by atoms with Gasteiger partial charge < -0.3 is 5.32 Å². The van der Waals surface area contributed by atoms with Gasteiger partial charge in [-0.05, 0) is 91.7 Å². The van der Waals surface area contributed by atoms with E-state index in [0.717, 1.165) is 19.3 Å². The van der Waals surface area contributed by atoms with Crippen LogP contribution in [0, 0.1) is 23.2 Å². The van der Waals surface area contributed by atoms with E-state index in [4.69, 9.17) is 0 Å². The first kappa shape index (κ1) is 26.9. The molecule has 1 aliphatic heterocycles.